The van der Waals surface area contributed by atoms with Gasteiger partial charge in [-0.3, -0.25) is 4.79 Å². The Morgan fingerprint density at radius 2 is 2.06 bits per heavy atom. The third-order valence-electron chi connectivity index (χ3n) is 2.59. The molecule has 0 radical (unpaired) electrons. The van der Waals surface area contributed by atoms with Gasteiger partial charge in [-0.25, -0.2) is 4.98 Å². The number of aromatic nitrogens is 2. The van der Waals surface area contributed by atoms with Gasteiger partial charge >= 0.3 is 0 Å². The van der Waals surface area contributed by atoms with Gasteiger partial charge in [0.2, 0.25) is 0 Å². The van der Waals surface area contributed by atoms with Gasteiger partial charge in [-0.2, -0.15) is 0 Å². The van der Waals surface area contributed by atoms with E-state index in [0.717, 1.165) is 6.42 Å². The van der Waals surface area contributed by atoms with E-state index in [9.17, 15) is 4.79 Å². The minimum Gasteiger partial charge on any atom is -0.383 e. The second kappa shape index (κ2) is 5.12. The maximum atomic E-state index is 11.8. The molecule has 1 heterocycles. The van der Waals surface area contributed by atoms with E-state index in [1.807, 2.05) is 20.8 Å². The molecule has 5 N–H and O–H groups in total. The molecule has 5 nitrogen and oxygen atoms in total. The number of anilines is 1. The van der Waals surface area contributed by atoms with Gasteiger partial charge in [0.1, 0.15) is 11.6 Å². The van der Waals surface area contributed by atoms with Crippen molar-refractivity contribution in [3.63, 3.8) is 0 Å². The highest BCUT2D eigenvalue weighted by atomic mass is 16.1. The average Bonchev–Trinajstić information content (AvgIpc) is 2.15. The lowest BCUT2D eigenvalue weighted by Crippen LogP contribution is -2.27. The highest BCUT2D eigenvalue weighted by Gasteiger charge is 2.13. The molecule has 0 aliphatic rings. The Morgan fingerprint density at radius 1 is 1.44 bits per heavy atom. The van der Waals surface area contributed by atoms with E-state index in [0.29, 0.717) is 23.6 Å². The van der Waals surface area contributed by atoms with Crippen LogP contribution >= 0.6 is 0 Å². The highest BCUT2D eigenvalue weighted by Crippen LogP contribution is 2.14. The molecule has 0 bridgehead atoms. The summed E-state index contributed by atoms with van der Waals surface area (Å²) in [6.45, 7) is 5.83. The van der Waals surface area contributed by atoms with Crippen LogP contribution in [-0.4, -0.2) is 16.0 Å². The molecular weight excluding hydrogens is 204 g/mol. The number of H-pyrrole nitrogens is 1. The molecule has 0 saturated heterocycles. The number of nitrogen functional groups attached to an aromatic ring is 1. The largest absolute Gasteiger partial charge is 0.383 e. The summed E-state index contributed by atoms with van der Waals surface area (Å²) in [5, 5.41) is 0. The van der Waals surface area contributed by atoms with Crippen LogP contribution in [0.25, 0.3) is 0 Å². The van der Waals surface area contributed by atoms with Gasteiger partial charge in [0, 0.05) is 12.5 Å². The Morgan fingerprint density at radius 3 is 2.50 bits per heavy atom. The summed E-state index contributed by atoms with van der Waals surface area (Å²) in [5.41, 5.74) is 12.0. The quantitative estimate of drug-likeness (QED) is 0.703. The Kier molecular flexibility index (Phi) is 4.06. The molecule has 1 aromatic heterocycles. The zero-order valence-corrected chi connectivity index (χ0v) is 10.1. The van der Waals surface area contributed by atoms with E-state index in [1.54, 1.807) is 0 Å². The van der Waals surface area contributed by atoms with Crippen LogP contribution in [0.4, 0.5) is 5.82 Å². The lowest BCUT2D eigenvalue weighted by molar-refractivity contribution is 0.621. The summed E-state index contributed by atoms with van der Waals surface area (Å²) >= 11 is 0. The lowest BCUT2D eigenvalue weighted by Gasteiger charge is -2.11. The van der Waals surface area contributed by atoms with E-state index < -0.39 is 0 Å². The molecule has 0 aliphatic carbocycles. The Bertz CT molecular complexity index is 411. The first-order chi connectivity index (χ1) is 7.45. The van der Waals surface area contributed by atoms with E-state index in [2.05, 4.69) is 9.97 Å². The van der Waals surface area contributed by atoms with Gasteiger partial charge in [-0.05, 0) is 12.3 Å². The average molecular weight is 224 g/mol. The molecule has 0 aromatic carbocycles. The van der Waals surface area contributed by atoms with Crippen LogP contribution < -0.4 is 17.0 Å². The predicted octanol–water partition coefficient (Wildman–Crippen LogP) is 0.755. The number of hydrogen-bond donors (Lipinski definition) is 3. The Balaban J connectivity index is 3.05. The first-order valence-electron chi connectivity index (χ1n) is 5.59. The van der Waals surface area contributed by atoms with Crippen molar-refractivity contribution >= 4 is 5.82 Å². The SMILES string of the molecule is CCC(N)Cc1nc(N)c(C(C)C)c(=O)[nH]1. The first-order valence-corrected chi connectivity index (χ1v) is 5.59. The van der Waals surface area contributed by atoms with Crippen molar-refractivity contribution in [3.05, 3.63) is 21.7 Å². The molecule has 90 valence electrons. The summed E-state index contributed by atoms with van der Waals surface area (Å²) in [6, 6.07) is 0.00690. The van der Waals surface area contributed by atoms with Crippen LogP contribution in [0, 0.1) is 0 Å². The maximum Gasteiger partial charge on any atom is 0.256 e. The summed E-state index contributed by atoms with van der Waals surface area (Å²) < 4.78 is 0. The molecular formula is C11H20N4O. The minimum atomic E-state index is -0.152. The monoisotopic (exact) mass is 224 g/mol. The number of nitrogens with zero attached hydrogens (tertiary/aromatic N) is 1. The lowest BCUT2D eigenvalue weighted by atomic mass is 10.1. The fourth-order valence-corrected chi connectivity index (χ4v) is 1.60. The van der Waals surface area contributed by atoms with Crippen molar-refractivity contribution in [2.24, 2.45) is 5.73 Å². The summed E-state index contributed by atoms with van der Waals surface area (Å²) in [7, 11) is 0. The van der Waals surface area contributed by atoms with E-state index in [-0.39, 0.29) is 17.5 Å². The van der Waals surface area contributed by atoms with Crippen LogP contribution in [0.5, 0.6) is 0 Å². The topological polar surface area (TPSA) is 97.8 Å². The van der Waals surface area contributed by atoms with E-state index >= 15 is 0 Å². The summed E-state index contributed by atoms with van der Waals surface area (Å²) in [5.74, 6) is 0.962. The van der Waals surface area contributed by atoms with Crippen molar-refractivity contribution in [2.45, 2.75) is 45.6 Å². The summed E-state index contributed by atoms with van der Waals surface area (Å²) in [6.07, 6.45) is 1.39. The van der Waals surface area contributed by atoms with Crippen LogP contribution in [0.3, 0.4) is 0 Å². The van der Waals surface area contributed by atoms with Gasteiger partial charge in [0.05, 0.1) is 5.56 Å². The Hall–Kier alpha value is -1.36. The van der Waals surface area contributed by atoms with Crippen LogP contribution in [0.2, 0.25) is 0 Å². The molecule has 5 heteroatoms. The second-order valence-corrected chi connectivity index (χ2v) is 4.34. The van der Waals surface area contributed by atoms with Crippen molar-refractivity contribution in [1.29, 1.82) is 0 Å². The normalized spacial score (nSPS) is 13.1. The van der Waals surface area contributed by atoms with Crippen molar-refractivity contribution in [2.75, 3.05) is 5.73 Å². The molecule has 1 unspecified atom stereocenters. The van der Waals surface area contributed by atoms with Crippen molar-refractivity contribution in [1.82, 2.24) is 9.97 Å². The first kappa shape index (κ1) is 12.7. The third-order valence-corrected chi connectivity index (χ3v) is 2.59. The molecule has 0 spiro atoms. The number of hydrogen-bond acceptors (Lipinski definition) is 4. The third kappa shape index (κ3) is 2.82. The fourth-order valence-electron chi connectivity index (χ4n) is 1.60. The molecule has 1 rings (SSSR count). The van der Waals surface area contributed by atoms with Crippen molar-refractivity contribution < 1.29 is 0 Å². The molecule has 0 aliphatic heterocycles. The zero-order chi connectivity index (χ0) is 12.3. The Labute approximate surface area is 95.3 Å². The van der Waals surface area contributed by atoms with Crippen LogP contribution in [-0.2, 0) is 6.42 Å². The number of nitrogens with one attached hydrogen (secondary N) is 1. The number of rotatable bonds is 4. The molecule has 0 saturated carbocycles. The molecule has 0 fully saturated rings. The molecule has 1 aromatic rings. The van der Waals surface area contributed by atoms with Gasteiger partial charge in [-0.1, -0.05) is 20.8 Å². The van der Waals surface area contributed by atoms with Gasteiger partial charge in [0.15, 0.2) is 0 Å². The number of nitrogens with two attached hydrogens (primary N) is 2. The number of aromatic amines is 1. The van der Waals surface area contributed by atoms with E-state index in [4.69, 9.17) is 11.5 Å². The molecule has 1 atom stereocenters. The standard InChI is InChI=1S/C11H20N4O/c1-4-7(12)5-8-14-10(13)9(6(2)3)11(16)15-8/h6-7H,4-5,12H2,1-3H3,(H3,13,14,15,16). The van der Waals surface area contributed by atoms with Crippen molar-refractivity contribution in [3.8, 4) is 0 Å². The van der Waals surface area contributed by atoms with Gasteiger partial charge in [0.25, 0.3) is 5.56 Å². The predicted molar refractivity (Wildman–Crippen MR) is 65.3 cm³/mol. The minimum absolute atomic E-state index is 0.00690. The zero-order valence-electron chi connectivity index (χ0n) is 10.1. The molecule has 0 amide bonds. The van der Waals surface area contributed by atoms with Crippen LogP contribution in [0.15, 0.2) is 4.79 Å². The fraction of sp³-hybridized carbons (Fsp3) is 0.636. The second-order valence-electron chi connectivity index (χ2n) is 4.34. The molecule has 16 heavy (non-hydrogen) atoms. The summed E-state index contributed by atoms with van der Waals surface area (Å²) in [4.78, 5) is 18.7. The van der Waals surface area contributed by atoms with Crippen LogP contribution in [0.1, 0.15) is 44.5 Å². The van der Waals surface area contributed by atoms with Gasteiger partial charge < -0.3 is 16.5 Å². The van der Waals surface area contributed by atoms with E-state index in [1.165, 1.54) is 0 Å². The maximum absolute atomic E-state index is 11.8. The highest BCUT2D eigenvalue weighted by molar-refractivity contribution is 5.39. The smallest absolute Gasteiger partial charge is 0.256 e. The van der Waals surface area contributed by atoms with Gasteiger partial charge in [-0.15, -0.1) is 0 Å².